The molecule has 3 heterocycles. The maximum absolute atomic E-state index is 14.2. The van der Waals surface area contributed by atoms with Crippen LogP contribution in [0.1, 0.15) is 66.3 Å². The number of nitrogens with two attached hydrogens (primary N) is 1. The van der Waals surface area contributed by atoms with Crippen LogP contribution in [0.4, 0.5) is 4.39 Å². The van der Waals surface area contributed by atoms with Crippen LogP contribution in [-0.2, 0) is 24.4 Å². The Morgan fingerprint density at radius 1 is 1.20 bits per heavy atom. The SMILES string of the molecule is CSCCn1c(CN2CC=C(c3cnc(OCc4ccc(C#N)cc4F)s3)CC2)nc2ccc(C(=O)NCC(C)(C)OC(C)(C)CN)cc21. The largest absolute Gasteiger partial charge is 0.465 e. The Bertz CT molecular complexity index is 1860. The first-order valence-electron chi connectivity index (χ1n) is 16.3. The lowest BCUT2D eigenvalue weighted by Gasteiger charge is -2.35. The first kappa shape index (κ1) is 36.5. The molecule has 1 aliphatic heterocycles. The summed E-state index contributed by atoms with van der Waals surface area (Å²) < 4.78 is 28.4. The molecule has 49 heavy (non-hydrogen) atoms. The summed E-state index contributed by atoms with van der Waals surface area (Å²) in [6.45, 7) is 11.6. The van der Waals surface area contributed by atoms with Crippen molar-refractivity contribution in [3.8, 4) is 11.3 Å². The topological polar surface area (TPSA) is 131 Å². The first-order chi connectivity index (χ1) is 23.4. The van der Waals surface area contributed by atoms with E-state index in [0.717, 1.165) is 53.5 Å². The minimum atomic E-state index is -0.581. The molecule has 1 aliphatic rings. The van der Waals surface area contributed by atoms with Crippen molar-refractivity contribution in [1.29, 1.82) is 5.26 Å². The number of nitriles is 1. The van der Waals surface area contributed by atoms with E-state index in [1.165, 1.54) is 23.0 Å². The van der Waals surface area contributed by atoms with Crippen LogP contribution in [-0.4, -0.2) is 74.7 Å². The molecule has 260 valence electrons. The van der Waals surface area contributed by atoms with Gasteiger partial charge in [0.25, 0.3) is 11.1 Å². The molecule has 0 bridgehead atoms. The quantitative estimate of drug-likeness (QED) is 0.153. The van der Waals surface area contributed by atoms with Gasteiger partial charge in [-0.2, -0.15) is 17.0 Å². The van der Waals surface area contributed by atoms with Crippen LogP contribution in [0, 0.1) is 17.1 Å². The molecule has 3 N–H and O–H groups in total. The lowest BCUT2D eigenvalue weighted by molar-refractivity contribution is -0.114. The van der Waals surface area contributed by atoms with Gasteiger partial charge in [-0.25, -0.2) is 14.4 Å². The summed E-state index contributed by atoms with van der Waals surface area (Å²) >= 11 is 3.22. The highest BCUT2D eigenvalue weighted by atomic mass is 32.2. The standard InChI is InChI=1S/C36H44FN7O3S2/c1-35(2,22-39)47-36(3,4)23-41-33(45)26-8-9-29-30(17-26)44(14-15-48-5)32(42-29)20-43-12-10-25(11-13-43)31-19-40-34(49-31)46-21-27-7-6-24(18-38)16-28(27)37/h6-10,16-17,19H,11-15,20-23,39H2,1-5H3,(H,41,45). The van der Waals surface area contributed by atoms with E-state index in [1.807, 2.05) is 52.0 Å². The Kier molecular flexibility index (Phi) is 11.8. The number of rotatable bonds is 15. The van der Waals surface area contributed by atoms with Gasteiger partial charge in [0.1, 0.15) is 18.2 Å². The molecule has 2 aromatic carbocycles. The van der Waals surface area contributed by atoms with Crippen molar-refractivity contribution in [2.75, 3.05) is 38.2 Å². The van der Waals surface area contributed by atoms with Gasteiger partial charge >= 0.3 is 0 Å². The fourth-order valence-electron chi connectivity index (χ4n) is 5.71. The Labute approximate surface area is 295 Å². The predicted octanol–water partition coefficient (Wildman–Crippen LogP) is 6.00. The number of hydrogen-bond acceptors (Lipinski definition) is 10. The highest BCUT2D eigenvalue weighted by Crippen LogP contribution is 2.32. The van der Waals surface area contributed by atoms with Gasteiger partial charge in [0, 0.05) is 55.8 Å². The van der Waals surface area contributed by atoms with Gasteiger partial charge in [-0.3, -0.25) is 9.69 Å². The second-order valence-electron chi connectivity index (χ2n) is 13.3. The number of ether oxygens (including phenoxy) is 2. The molecule has 1 amide bonds. The lowest BCUT2D eigenvalue weighted by Crippen LogP contribution is -2.48. The summed E-state index contributed by atoms with van der Waals surface area (Å²) in [5, 5.41) is 12.5. The number of amides is 1. The molecule has 0 fully saturated rings. The Hall–Kier alpha value is -3.80. The van der Waals surface area contributed by atoms with E-state index < -0.39 is 17.0 Å². The van der Waals surface area contributed by atoms with Crippen LogP contribution < -0.4 is 15.8 Å². The van der Waals surface area contributed by atoms with Crippen LogP contribution in [0.15, 0.2) is 48.7 Å². The van der Waals surface area contributed by atoms with E-state index >= 15 is 0 Å². The van der Waals surface area contributed by atoms with Gasteiger partial charge < -0.3 is 25.1 Å². The molecule has 10 nitrogen and oxygen atoms in total. The second-order valence-corrected chi connectivity index (χ2v) is 15.3. The number of nitrogens with zero attached hydrogens (tertiary/aromatic N) is 5. The molecule has 0 unspecified atom stereocenters. The molecular formula is C36H44FN7O3S2. The van der Waals surface area contributed by atoms with Crippen molar-refractivity contribution in [1.82, 2.24) is 24.8 Å². The smallest absolute Gasteiger partial charge is 0.274 e. The van der Waals surface area contributed by atoms with Crippen LogP contribution in [0.2, 0.25) is 0 Å². The summed E-state index contributed by atoms with van der Waals surface area (Å²) in [5.41, 5.74) is 9.03. The van der Waals surface area contributed by atoms with E-state index in [1.54, 1.807) is 30.1 Å². The van der Waals surface area contributed by atoms with Crippen LogP contribution >= 0.6 is 23.1 Å². The molecular weight excluding hydrogens is 662 g/mol. The van der Waals surface area contributed by atoms with Crippen molar-refractivity contribution >= 4 is 45.6 Å². The van der Waals surface area contributed by atoms with Crippen LogP contribution in [0.25, 0.3) is 16.6 Å². The fourth-order valence-corrected chi connectivity index (χ4v) is 6.91. The van der Waals surface area contributed by atoms with Crippen LogP contribution in [0.3, 0.4) is 0 Å². The molecule has 0 atom stereocenters. The summed E-state index contributed by atoms with van der Waals surface area (Å²) in [5.74, 6) is 1.28. The summed E-state index contributed by atoms with van der Waals surface area (Å²) in [7, 11) is 0. The number of carbonyl (C=O) groups excluding carboxylic acids is 1. The second kappa shape index (κ2) is 15.8. The first-order valence-corrected chi connectivity index (χ1v) is 18.5. The maximum Gasteiger partial charge on any atom is 0.274 e. The van der Waals surface area contributed by atoms with Gasteiger partial charge in [-0.1, -0.05) is 23.5 Å². The number of halogens is 1. The van der Waals surface area contributed by atoms with Gasteiger partial charge in [0.05, 0.1) is 45.3 Å². The average molecular weight is 706 g/mol. The number of carbonyl (C=O) groups is 1. The molecule has 4 aromatic rings. The number of thioether (sulfide) groups is 1. The number of aromatic nitrogens is 3. The highest BCUT2D eigenvalue weighted by molar-refractivity contribution is 7.98. The van der Waals surface area contributed by atoms with Crippen LogP contribution in [0.5, 0.6) is 5.19 Å². The molecule has 2 aromatic heterocycles. The van der Waals surface area contributed by atoms with E-state index in [0.29, 0.717) is 36.0 Å². The highest BCUT2D eigenvalue weighted by Gasteiger charge is 2.29. The number of aryl methyl sites for hydroxylation is 1. The Morgan fingerprint density at radius 2 is 2.02 bits per heavy atom. The lowest BCUT2D eigenvalue weighted by atomic mass is 10.1. The molecule has 0 spiro atoms. The van der Waals surface area contributed by atoms with Crippen molar-refractivity contribution in [3.05, 3.63) is 81.9 Å². The van der Waals surface area contributed by atoms with Crippen molar-refractivity contribution in [3.63, 3.8) is 0 Å². The normalized spacial score (nSPS) is 14.1. The molecule has 0 saturated heterocycles. The van der Waals surface area contributed by atoms with Crippen molar-refractivity contribution in [2.45, 2.75) is 65.0 Å². The monoisotopic (exact) mass is 705 g/mol. The number of imidazole rings is 1. The van der Waals surface area contributed by atoms with Gasteiger partial charge in [0.2, 0.25) is 0 Å². The van der Waals surface area contributed by atoms with Gasteiger partial charge in [-0.05, 0) is 76.3 Å². The van der Waals surface area contributed by atoms with E-state index in [9.17, 15) is 9.18 Å². The number of fused-ring (bicyclic) bond motifs is 1. The third kappa shape index (κ3) is 9.46. The molecule has 0 aliphatic carbocycles. The van der Waals surface area contributed by atoms with E-state index in [4.69, 9.17) is 25.5 Å². The zero-order chi connectivity index (χ0) is 35.2. The van der Waals surface area contributed by atoms with Gasteiger partial charge in [-0.15, -0.1) is 0 Å². The third-order valence-corrected chi connectivity index (χ3v) is 9.90. The number of thiazole rings is 1. The number of nitrogens with one attached hydrogen (secondary N) is 1. The molecule has 0 saturated carbocycles. The number of hydrogen-bond donors (Lipinski definition) is 2. The predicted molar refractivity (Wildman–Crippen MR) is 194 cm³/mol. The number of benzene rings is 2. The molecule has 13 heteroatoms. The average Bonchev–Trinajstić information content (AvgIpc) is 3.69. The van der Waals surface area contributed by atoms with E-state index in [2.05, 4.69) is 32.1 Å². The Morgan fingerprint density at radius 3 is 2.71 bits per heavy atom. The summed E-state index contributed by atoms with van der Waals surface area (Å²) in [6, 6.07) is 12.0. The van der Waals surface area contributed by atoms with Crippen molar-refractivity contribution in [2.24, 2.45) is 5.73 Å². The maximum atomic E-state index is 14.2. The zero-order valence-electron chi connectivity index (χ0n) is 28.7. The Balaban J connectivity index is 1.23. The molecule has 5 rings (SSSR count). The van der Waals surface area contributed by atoms with Gasteiger partial charge in [0.15, 0.2) is 0 Å². The minimum absolute atomic E-state index is 0.0435. The van der Waals surface area contributed by atoms with E-state index in [-0.39, 0.29) is 18.1 Å². The third-order valence-electron chi connectivity index (χ3n) is 8.32. The zero-order valence-corrected chi connectivity index (χ0v) is 30.3. The molecule has 0 radical (unpaired) electrons. The minimum Gasteiger partial charge on any atom is -0.465 e. The van der Waals surface area contributed by atoms with Crippen molar-refractivity contribution < 1.29 is 18.7 Å². The summed E-state index contributed by atoms with van der Waals surface area (Å²) in [4.78, 5) is 26.0. The fraction of sp³-hybridized carbons (Fsp3) is 0.444. The summed E-state index contributed by atoms with van der Waals surface area (Å²) in [6.07, 6.45) is 6.97.